The highest BCUT2D eigenvalue weighted by atomic mass is 19.1. The Hall–Kier alpha value is -2.51. The zero-order valence-electron chi connectivity index (χ0n) is 17.5. The van der Waals surface area contributed by atoms with Crippen LogP contribution in [0, 0.1) is 5.82 Å². The Kier molecular flexibility index (Phi) is 7.17. The van der Waals surface area contributed by atoms with E-state index < -0.39 is 0 Å². The Morgan fingerprint density at radius 1 is 0.862 bits per heavy atom. The maximum absolute atomic E-state index is 14.3. The Bertz CT molecular complexity index is 797. The van der Waals surface area contributed by atoms with Gasteiger partial charge in [-0.25, -0.2) is 4.39 Å². The van der Waals surface area contributed by atoms with E-state index in [0.717, 1.165) is 43.7 Å². The van der Waals surface area contributed by atoms with Gasteiger partial charge in [-0.05, 0) is 48.9 Å². The fourth-order valence-electron chi connectivity index (χ4n) is 3.89. The van der Waals surface area contributed by atoms with Crippen LogP contribution < -0.4 is 24.3 Å². The van der Waals surface area contributed by atoms with Gasteiger partial charge in [0, 0.05) is 25.2 Å². The molecule has 0 aromatic heterocycles. The summed E-state index contributed by atoms with van der Waals surface area (Å²) < 4.78 is 36.4. The molecule has 3 rings (SSSR count). The minimum absolute atomic E-state index is 0.228. The normalized spacial score (nSPS) is 16.0. The van der Waals surface area contributed by atoms with Crippen molar-refractivity contribution in [3.8, 4) is 23.0 Å². The summed E-state index contributed by atoms with van der Waals surface area (Å²) in [5.74, 6) is 2.00. The minimum Gasteiger partial charge on any atom is -0.496 e. The fourth-order valence-corrected chi connectivity index (χ4v) is 3.89. The molecular formula is C22H29FN2O4. The van der Waals surface area contributed by atoms with Crippen molar-refractivity contribution in [2.45, 2.75) is 12.5 Å². The Morgan fingerprint density at radius 3 is 2.17 bits per heavy atom. The third-order valence-corrected chi connectivity index (χ3v) is 5.23. The standard InChI is InChI=1S/C22H29FN2O4/c1-26-18-7-6-16(23)14-17(18)21(25-10-5-8-24-9-11-25)15-12-19(27-2)22(29-4)20(13-15)28-3/h6-7,12-14,21,24H,5,8-11H2,1-4H3. The fraction of sp³-hybridized carbons (Fsp3) is 0.455. The molecule has 0 bridgehead atoms. The van der Waals surface area contributed by atoms with Crippen LogP contribution in [-0.2, 0) is 0 Å². The molecule has 1 unspecified atom stereocenters. The molecule has 0 spiro atoms. The van der Waals surface area contributed by atoms with E-state index in [1.165, 1.54) is 6.07 Å². The molecule has 1 fully saturated rings. The Balaban J connectivity index is 2.19. The van der Waals surface area contributed by atoms with Gasteiger partial charge < -0.3 is 24.3 Å². The van der Waals surface area contributed by atoms with Crippen molar-refractivity contribution in [2.75, 3.05) is 54.6 Å². The van der Waals surface area contributed by atoms with Gasteiger partial charge in [0.2, 0.25) is 5.75 Å². The summed E-state index contributed by atoms with van der Waals surface area (Å²) in [5, 5.41) is 3.42. The summed E-state index contributed by atoms with van der Waals surface area (Å²) >= 11 is 0. The summed E-state index contributed by atoms with van der Waals surface area (Å²) in [6, 6.07) is 8.26. The van der Waals surface area contributed by atoms with Crippen LogP contribution in [0.1, 0.15) is 23.6 Å². The smallest absolute Gasteiger partial charge is 0.203 e. The highest BCUT2D eigenvalue weighted by Crippen LogP contribution is 2.43. The van der Waals surface area contributed by atoms with Crippen LogP contribution in [0.25, 0.3) is 0 Å². The predicted molar refractivity (Wildman–Crippen MR) is 110 cm³/mol. The molecule has 0 saturated carbocycles. The van der Waals surface area contributed by atoms with Crippen molar-refractivity contribution >= 4 is 0 Å². The maximum atomic E-state index is 14.3. The molecule has 0 radical (unpaired) electrons. The topological polar surface area (TPSA) is 52.2 Å². The van der Waals surface area contributed by atoms with E-state index in [4.69, 9.17) is 18.9 Å². The average molecular weight is 404 g/mol. The van der Waals surface area contributed by atoms with E-state index >= 15 is 0 Å². The number of rotatable bonds is 7. The summed E-state index contributed by atoms with van der Waals surface area (Å²) in [6.45, 7) is 3.51. The second-order valence-corrected chi connectivity index (χ2v) is 6.89. The Labute approximate surface area is 171 Å². The van der Waals surface area contributed by atoms with Crippen LogP contribution >= 0.6 is 0 Å². The summed E-state index contributed by atoms with van der Waals surface area (Å²) in [5.41, 5.74) is 1.69. The highest BCUT2D eigenvalue weighted by Gasteiger charge is 2.29. The van der Waals surface area contributed by atoms with Crippen LogP contribution in [0.5, 0.6) is 23.0 Å². The van der Waals surface area contributed by atoms with Gasteiger partial charge in [-0.1, -0.05) is 0 Å². The molecule has 2 aromatic rings. The predicted octanol–water partition coefficient (Wildman–Crippen LogP) is 3.24. The number of ether oxygens (including phenoxy) is 4. The molecule has 6 nitrogen and oxygen atoms in total. The summed E-state index contributed by atoms with van der Waals surface area (Å²) in [7, 11) is 6.37. The molecular weight excluding hydrogens is 375 g/mol. The van der Waals surface area contributed by atoms with Crippen molar-refractivity contribution in [3.63, 3.8) is 0 Å². The van der Waals surface area contributed by atoms with Gasteiger partial charge >= 0.3 is 0 Å². The molecule has 7 heteroatoms. The highest BCUT2D eigenvalue weighted by molar-refractivity contribution is 5.56. The van der Waals surface area contributed by atoms with Gasteiger partial charge in [-0.3, -0.25) is 4.90 Å². The first-order valence-electron chi connectivity index (χ1n) is 9.71. The van der Waals surface area contributed by atoms with Crippen LogP contribution in [0.15, 0.2) is 30.3 Å². The van der Waals surface area contributed by atoms with E-state index in [-0.39, 0.29) is 11.9 Å². The van der Waals surface area contributed by atoms with Crippen molar-refractivity contribution in [1.82, 2.24) is 10.2 Å². The molecule has 1 atom stereocenters. The quantitative estimate of drug-likeness (QED) is 0.765. The number of nitrogens with one attached hydrogen (secondary N) is 1. The monoisotopic (exact) mass is 404 g/mol. The Morgan fingerprint density at radius 2 is 1.55 bits per heavy atom. The van der Waals surface area contributed by atoms with Crippen molar-refractivity contribution < 1.29 is 23.3 Å². The molecule has 1 N–H and O–H groups in total. The lowest BCUT2D eigenvalue weighted by Gasteiger charge is -2.32. The second-order valence-electron chi connectivity index (χ2n) is 6.89. The summed E-state index contributed by atoms with van der Waals surface area (Å²) in [6.07, 6.45) is 0.999. The number of benzene rings is 2. The number of methoxy groups -OCH3 is 4. The van der Waals surface area contributed by atoms with Gasteiger partial charge in [0.05, 0.1) is 34.5 Å². The van der Waals surface area contributed by atoms with Gasteiger partial charge in [-0.2, -0.15) is 0 Å². The minimum atomic E-state index is -0.300. The van der Waals surface area contributed by atoms with Gasteiger partial charge in [0.1, 0.15) is 11.6 Å². The zero-order valence-corrected chi connectivity index (χ0v) is 17.5. The average Bonchev–Trinajstić information content (AvgIpc) is 3.02. The number of hydrogen-bond acceptors (Lipinski definition) is 6. The molecule has 2 aromatic carbocycles. The lowest BCUT2D eigenvalue weighted by molar-refractivity contribution is 0.234. The molecule has 1 aliphatic heterocycles. The van der Waals surface area contributed by atoms with E-state index in [0.29, 0.717) is 23.0 Å². The third-order valence-electron chi connectivity index (χ3n) is 5.23. The lowest BCUT2D eigenvalue weighted by atomic mass is 9.94. The summed E-state index contributed by atoms with van der Waals surface area (Å²) in [4.78, 5) is 2.33. The first-order chi connectivity index (χ1) is 14.1. The largest absolute Gasteiger partial charge is 0.496 e. The molecule has 0 amide bonds. The molecule has 1 heterocycles. The van der Waals surface area contributed by atoms with Gasteiger partial charge in [0.15, 0.2) is 11.5 Å². The number of hydrogen-bond donors (Lipinski definition) is 1. The molecule has 158 valence electrons. The van der Waals surface area contributed by atoms with Crippen molar-refractivity contribution in [3.05, 3.63) is 47.3 Å². The maximum Gasteiger partial charge on any atom is 0.203 e. The zero-order chi connectivity index (χ0) is 20.8. The van der Waals surface area contributed by atoms with Crippen LogP contribution in [0.4, 0.5) is 4.39 Å². The van der Waals surface area contributed by atoms with Crippen molar-refractivity contribution in [1.29, 1.82) is 0 Å². The van der Waals surface area contributed by atoms with E-state index in [9.17, 15) is 4.39 Å². The molecule has 1 aliphatic rings. The van der Waals surface area contributed by atoms with E-state index in [1.54, 1.807) is 40.6 Å². The van der Waals surface area contributed by atoms with Crippen LogP contribution in [0.2, 0.25) is 0 Å². The van der Waals surface area contributed by atoms with E-state index in [1.807, 2.05) is 12.1 Å². The molecule has 29 heavy (non-hydrogen) atoms. The number of nitrogens with zero attached hydrogens (tertiary/aromatic N) is 1. The van der Waals surface area contributed by atoms with Gasteiger partial charge in [-0.15, -0.1) is 0 Å². The first-order valence-corrected chi connectivity index (χ1v) is 9.71. The van der Waals surface area contributed by atoms with Gasteiger partial charge in [0.25, 0.3) is 0 Å². The van der Waals surface area contributed by atoms with Crippen LogP contribution in [0.3, 0.4) is 0 Å². The molecule has 1 saturated heterocycles. The van der Waals surface area contributed by atoms with E-state index in [2.05, 4.69) is 10.2 Å². The lowest BCUT2D eigenvalue weighted by Crippen LogP contribution is -2.33. The third kappa shape index (κ3) is 4.57. The first kappa shape index (κ1) is 21.2. The van der Waals surface area contributed by atoms with Crippen molar-refractivity contribution in [2.24, 2.45) is 0 Å². The SMILES string of the molecule is COc1ccc(F)cc1C(c1cc(OC)c(OC)c(OC)c1)N1CCCNCC1. The second kappa shape index (κ2) is 9.80. The number of halogens is 1. The molecule has 0 aliphatic carbocycles. The van der Waals surface area contributed by atoms with Crippen LogP contribution in [-0.4, -0.2) is 59.5 Å².